The lowest BCUT2D eigenvalue weighted by atomic mass is 10.2. The second-order valence-electron chi connectivity index (χ2n) is 4.00. The van der Waals surface area contributed by atoms with Crippen LogP contribution in [0.1, 0.15) is 17.3 Å². The van der Waals surface area contributed by atoms with Gasteiger partial charge in [0.2, 0.25) is 0 Å². The zero-order valence-electron chi connectivity index (χ0n) is 10.7. The molecule has 0 saturated carbocycles. The fraction of sp³-hybridized carbons (Fsp3) is 0.0667. The van der Waals surface area contributed by atoms with Crippen LogP contribution < -0.4 is 9.47 Å². The second-order valence-corrected chi connectivity index (χ2v) is 4.00. The van der Waals surface area contributed by atoms with Gasteiger partial charge in [0.05, 0.1) is 5.56 Å². The van der Waals surface area contributed by atoms with Gasteiger partial charge in [0.1, 0.15) is 17.2 Å². The van der Waals surface area contributed by atoms with E-state index in [1.54, 1.807) is 36.4 Å². The van der Waals surface area contributed by atoms with Crippen molar-refractivity contribution in [1.29, 1.82) is 0 Å². The third-order valence-electron chi connectivity index (χ3n) is 2.40. The molecule has 0 radical (unpaired) electrons. The Hall–Kier alpha value is -2.82. The summed E-state index contributed by atoms with van der Waals surface area (Å²) < 4.78 is 10.5. The highest BCUT2D eigenvalue weighted by Gasteiger charge is 2.04. The quantitative estimate of drug-likeness (QED) is 0.684. The first-order valence-corrected chi connectivity index (χ1v) is 5.84. The van der Waals surface area contributed by atoms with Gasteiger partial charge in [-0.25, -0.2) is 4.79 Å². The van der Waals surface area contributed by atoms with E-state index in [2.05, 4.69) is 0 Å². The number of carboxylic acid groups (broad SMARTS) is 1. The minimum atomic E-state index is -0.992. The van der Waals surface area contributed by atoms with Crippen molar-refractivity contribution in [3.8, 4) is 17.2 Å². The molecule has 0 spiro atoms. The molecule has 5 heteroatoms. The van der Waals surface area contributed by atoms with Crippen LogP contribution in [-0.2, 0) is 4.79 Å². The number of benzene rings is 2. The lowest BCUT2D eigenvalue weighted by Gasteiger charge is -2.07. The Morgan fingerprint density at radius 1 is 0.950 bits per heavy atom. The minimum absolute atomic E-state index is 0.186. The highest BCUT2D eigenvalue weighted by molar-refractivity contribution is 5.87. The van der Waals surface area contributed by atoms with Crippen LogP contribution in [0, 0.1) is 0 Å². The van der Waals surface area contributed by atoms with Gasteiger partial charge in [0.25, 0.3) is 0 Å². The predicted molar refractivity (Wildman–Crippen MR) is 71.2 cm³/mol. The molecule has 0 aliphatic carbocycles. The van der Waals surface area contributed by atoms with Gasteiger partial charge in [-0.2, -0.15) is 0 Å². The van der Waals surface area contributed by atoms with E-state index in [1.165, 1.54) is 19.1 Å². The molecule has 2 rings (SSSR count). The number of carbonyl (C=O) groups excluding carboxylic acids is 1. The summed E-state index contributed by atoms with van der Waals surface area (Å²) in [6.07, 6.45) is 0. The molecule has 20 heavy (non-hydrogen) atoms. The maximum atomic E-state index is 10.9. The monoisotopic (exact) mass is 272 g/mol. The Bertz CT molecular complexity index is 631. The zero-order chi connectivity index (χ0) is 14.5. The highest BCUT2D eigenvalue weighted by atomic mass is 16.5. The topological polar surface area (TPSA) is 72.8 Å². The molecular weight excluding hydrogens is 260 g/mol. The van der Waals surface area contributed by atoms with Crippen molar-refractivity contribution in [2.75, 3.05) is 0 Å². The van der Waals surface area contributed by atoms with Gasteiger partial charge in [-0.3, -0.25) is 4.79 Å². The molecule has 2 aromatic carbocycles. The molecule has 102 valence electrons. The van der Waals surface area contributed by atoms with E-state index in [1.807, 2.05) is 0 Å². The molecule has 2 aromatic rings. The van der Waals surface area contributed by atoms with Crippen LogP contribution in [0.5, 0.6) is 17.2 Å². The van der Waals surface area contributed by atoms with Crippen LogP contribution in [0.25, 0.3) is 0 Å². The van der Waals surface area contributed by atoms with Gasteiger partial charge >= 0.3 is 11.9 Å². The summed E-state index contributed by atoms with van der Waals surface area (Å²) in [6, 6.07) is 12.6. The van der Waals surface area contributed by atoms with Gasteiger partial charge < -0.3 is 14.6 Å². The molecule has 0 aliphatic heterocycles. The average molecular weight is 272 g/mol. The van der Waals surface area contributed by atoms with Gasteiger partial charge in [0.15, 0.2) is 0 Å². The maximum Gasteiger partial charge on any atom is 0.335 e. The van der Waals surface area contributed by atoms with Crippen LogP contribution in [0.2, 0.25) is 0 Å². The summed E-state index contributed by atoms with van der Waals surface area (Å²) >= 11 is 0. The van der Waals surface area contributed by atoms with Crippen LogP contribution in [-0.4, -0.2) is 17.0 Å². The normalized spacial score (nSPS) is 9.85. The maximum absolute atomic E-state index is 10.9. The summed E-state index contributed by atoms with van der Waals surface area (Å²) in [5, 5.41) is 8.80. The summed E-state index contributed by atoms with van der Waals surface area (Å²) in [5.74, 6) is -0.0275. The molecule has 0 bridgehead atoms. The Kier molecular flexibility index (Phi) is 4.00. The van der Waals surface area contributed by atoms with Crippen molar-refractivity contribution in [3.63, 3.8) is 0 Å². The van der Waals surface area contributed by atoms with Crippen LogP contribution in [0.15, 0.2) is 48.5 Å². The minimum Gasteiger partial charge on any atom is -0.478 e. The van der Waals surface area contributed by atoms with Crippen molar-refractivity contribution < 1.29 is 24.2 Å². The molecule has 0 aromatic heterocycles. The van der Waals surface area contributed by atoms with E-state index in [0.717, 1.165) is 0 Å². The van der Waals surface area contributed by atoms with E-state index in [9.17, 15) is 9.59 Å². The molecule has 0 saturated heterocycles. The number of ether oxygens (including phenoxy) is 2. The SMILES string of the molecule is CC(=O)Oc1cccc(Oc2ccc(C(=O)O)cc2)c1. The van der Waals surface area contributed by atoms with Crippen molar-refractivity contribution >= 4 is 11.9 Å². The number of carbonyl (C=O) groups is 2. The standard InChI is InChI=1S/C15H12O5/c1-10(16)19-13-3-2-4-14(9-13)20-12-7-5-11(6-8-12)15(17)18/h2-9H,1H3,(H,17,18). The summed E-state index contributed by atoms with van der Waals surface area (Å²) in [5.41, 5.74) is 0.186. The molecule has 0 heterocycles. The molecule has 0 fully saturated rings. The molecule has 0 unspecified atom stereocenters. The van der Waals surface area contributed by atoms with E-state index < -0.39 is 11.9 Å². The van der Waals surface area contributed by atoms with Gasteiger partial charge in [-0.1, -0.05) is 6.07 Å². The lowest BCUT2D eigenvalue weighted by Crippen LogP contribution is -2.01. The summed E-state index contributed by atoms with van der Waals surface area (Å²) in [7, 11) is 0. The van der Waals surface area contributed by atoms with Crippen molar-refractivity contribution in [1.82, 2.24) is 0 Å². The number of rotatable bonds is 4. The van der Waals surface area contributed by atoms with Crippen LogP contribution in [0.4, 0.5) is 0 Å². The molecule has 0 amide bonds. The number of aromatic carboxylic acids is 1. The first-order chi connectivity index (χ1) is 9.54. The first-order valence-electron chi connectivity index (χ1n) is 5.84. The number of esters is 1. The predicted octanol–water partition coefficient (Wildman–Crippen LogP) is 3.10. The van der Waals surface area contributed by atoms with E-state index in [-0.39, 0.29) is 5.56 Å². The third kappa shape index (κ3) is 3.58. The Balaban J connectivity index is 2.13. The largest absolute Gasteiger partial charge is 0.478 e. The van der Waals surface area contributed by atoms with Gasteiger partial charge in [0, 0.05) is 13.0 Å². The molecule has 0 aliphatic rings. The summed E-state index contributed by atoms with van der Waals surface area (Å²) in [6.45, 7) is 1.32. The molecular formula is C15H12O5. The molecule has 5 nitrogen and oxygen atoms in total. The highest BCUT2D eigenvalue weighted by Crippen LogP contribution is 2.25. The fourth-order valence-electron chi connectivity index (χ4n) is 1.57. The number of carboxylic acids is 1. The molecule has 1 N–H and O–H groups in total. The number of hydrogen-bond acceptors (Lipinski definition) is 4. The van der Waals surface area contributed by atoms with Crippen LogP contribution >= 0.6 is 0 Å². The molecule has 0 atom stereocenters. The Morgan fingerprint density at radius 2 is 1.60 bits per heavy atom. The van der Waals surface area contributed by atoms with Gasteiger partial charge in [-0.15, -0.1) is 0 Å². The van der Waals surface area contributed by atoms with Gasteiger partial charge in [-0.05, 0) is 36.4 Å². The van der Waals surface area contributed by atoms with E-state index in [0.29, 0.717) is 17.2 Å². The average Bonchev–Trinajstić information content (AvgIpc) is 2.39. The van der Waals surface area contributed by atoms with Crippen molar-refractivity contribution in [2.24, 2.45) is 0 Å². The Labute approximate surface area is 115 Å². The smallest absolute Gasteiger partial charge is 0.335 e. The van der Waals surface area contributed by atoms with Crippen molar-refractivity contribution in [3.05, 3.63) is 54.1 Å². The lowest BCUT2D eigenvalue weighted by molar-refractivity contribution is -0.131. The van der Waals surface area contributed by atoms with Crippen molar-refractivity contribution in [2.45, 2.75) is 6.92 Å². The summed E-state index contributed by atoms with van der Waals surface area (Å²) in [4.78, 5) is 21.6. The van der Waals surface area contributed by atoms with E-state index in [4.69, 9.17) is 14.6 Å². The number of hydrogen-bond donors (Lipinski definition) is 1. The second kappa shape index (κ2) is 5.88. The van der Waals surface area contributed by atoms with Crippen LogP contribution in [0.3, 0.4) is 0 Å². The Morgan fingerprint density at radius 3 is 2.20 bits per heavy atom. The zero-order valence-corrected chi connectivity index (χ0v) is 10.7. The third-order valence-corrected chi connectivity index (χ3v) is 2.40. The first kappa shape index (κ1) is 13.6. The van der Waals surface area contributed by atoms with E-state index >= 15 is 0 Å². The fourth-order valence-corrected chi connectivity index (χ4v) is 1.57.